The second kappa shape index (κ2) is 13.8. The molecule has 234 valence electrons. The normalized spacial score (nSPS) is 18.4. The molecule has 1 saturated heterocycles. The lowest BCUT2D eigenvalue weighted by atomic mass is 9.82. The zero-order valence-corrected chi connectivity index (χ0v) is 26.3. The van der Waals surface area contributed by atoms with E-state index in [9.17, 15) is 19.8 Å². The molecule has 1 aliphatic carbocycles. The fraction of sp³-hybridized carbons (Fsp3) is 0.486. The van der Waals surface area contributed by atoms with E-state index in [1.165, 1.54) is 35.4 Å². The van der Waals surface area contributed by atoms with E-state index in [4.69, 9.17) is 9.72 Å². The smallest absolute Gasteiger partial charge is 0.339 e. The molecule has 1 fully saturated rings. The number of amides is 1. The van der Waals surface area contributed by atoms with Crippen molar-refractivity contribution >= 4 is 17.4 Å². The molecule has 1 amide bonds. The molecule has 0 saturated carbocycles. The summed E-state index contributed by atoms with van der Waals surface area (Å²) in [6.07, 6.45) is 6.75. The van der Waals surface area contributed by atoms with Crippen LogP contribution in [-0.4, -0.2) is 67.6 Å². The van der Waals surface area contributed by atoms with Gasteiger partial charge in [-0.3, -0.25) is 4.79 Å². The molecule has 2 aliphatic rings. The van der Waals surface area contributed by atoms with Crippen LogP contribution in [0, 0.1) is 5.92 Å². The fourth-order valence-corrected chi connectivity index (χ4v) is 6.75. The number of piperidine rings is 1. The van der Waals surface area contributed by atoms with Gasteiger partial charge in [-0.05, 0) is 110 Å². The molecule has 3 heterocycles. The van der Waals surface area contributed by atoms with E-state index in [2.05, 4.69) is 37.1 Å². The van der Waals surface area contributed by atoms with E-state index in [-0.39, 0.29) is 11.5 Å². The van der Waals surface area contributed by atoms with Crippen molar-refractivity contribution in [2.75, 3.05) is 19.7 Å². The lowest BCUT2D eigenvalue weighted by Crippen LogP contribution is -2.42. The summed E-state index contributed by atoms with van der Waals surface area (Å²) >= 11 is 0. The molecule has 5 rings (SSSR count). The first-order valence-electron chi connectivity index (χ1n) is 15.9. The van der Waals surface area contributed by atoms with E-state index in [1.54, 1.807) is 9.58 Å². The van der Waals surface area contributed by atoms with Crippen LogP contribution in [0.3, 0.4) is 0 Å². The van der Waals surface area contributed by atoms with Gasteiger partial charge in [-0.25, -0.2) is 14.5 Å². The number of hydrogen-bond donors (Lipinski definition) is 2. The molecular formula is C35H44N4O5. The van der Waals surface area contributed by atoms with Gasteiger partial charge in [0, 0.05) is 13.1 Å². The SMILES string of the molecule is CCc1cc(OCC2=C(c3cccc(-n4ncc(C(=O)O)c4CC)n3)CCCC2C)ccc1C1CCN(C(=O)[C@H](C)O)CC1. The van der Waals surface area contributed by atoms with Gasteiger partial charge in [0.1, 0.15) is 24.0 Å². The van der Waals surface area contributed by atoms with Crippen molar-refractivity contribution in [2.24, 2.45) is 5.92 Å². The average Bonchev–Trinajstić information content (AvgIpc) is 3.48. The van der Waals surface area contributed by atoms with Crippen molar-refractivity contribution < 1.29 is 24.5 Å². The Morgan fingerprint density at radius 2 is 1.86 bits per heavy atom. The minimum absolute atomic E-state index is 0.185. The van der Waals surface area contributed by atoms with Crippen LogP contribution in [0.2, 0.25) is 0 Å². The minimum Gasteiger partial charge on any atom is -0.489 e. The van der Waals surface area contributed by atoms with Crippen LogP contribution >= 0.6 is 0 Å². The molecule has 2 aromatic heterocycles. The van der Waals surface area contributed by atoms with Gasteiger partial charge in [0.25, 0.3) is 5.91 Å². The molecule has 3 aromatic rings. The Hall–Kier alpha value is -3.98. The second-order valence-electron chi connectivity index (χ2n) is 12.0. The molecule has 9 heteroatoms. The van der Waals surface area contributed by atoms with Crippen LogP contribution < -0.4 is 4.74 Å². The summed E-state index contributed by atoms with van der Waals surface area (Å²) in [6.45, 7) is 9.69. The van der Waals surface area contributed by atoms with Crippen LogP contribution in [0.5, 0.6) is 5.75 Å². The zero-order chi connectivity index (χ0) is 31.4. The molecule has 1 aromatic carbocycles. The number of nitrogens with zero attached hydrogens (tertiary/aromatic N) is 4. The summed E-state index contributed by atoms with van der Waals surface area (Å²) in [5, 5.41) is 23.6. The Labute approximate surface area is 259 Å². The van der Waals surface area contributed by atoms with Gasteiger partial charge in [-0.15, -0.1) is 0 Å². The Morgan fingerprint density at radius 1 is 1.09 bits per heavy atom. The second-order valence-corrected chi connectivity index (χ2v) is 12.0. The first kappa shape index (κ1) is 31.4. The first-order chi connectivity index (χ1) is 21.2. The third kappa shape index (κ3) is 6.58. The maximum absolute atomic E-state index is 12.2. The fourth-order valence-electron chi connectivity index (χ4n) is 6.75. The Balaban J connectivity index is 1.35. The predicted octanol–water partition coefficient (Wildman–Crippen LogP) is 5.83. The lowest BCUT2D eigenvalue weighted by molar-refractivity contribution is -0.140. The van der Waals surface area contributed by atoms with Gasteiger partial charge in [-0.1, -0.05) is 32.9 Å². The molecule has 2 N–H and O–H groups in total. The Kier molecular flexibility index (Phi) is 9.84. The molecule has 1 unspecified atom stereocenters. The van der Waals surface area contributed by atoms with Gasteiger partial charge >= 0.3 is 5.97 Å². The van der Waals surface area contributed by atoms with Crippen molar-refractivity contribution in [3.8, 4) is 11.6 Å². The largest absolute Gasteiger partial charge is 0.489 e. The number of likely N-dealkylation sites (tertiary alicyclic amines) is 1. The summed E-state index contributed by atoms with van der Waals surface area (Å²) in [7, 11) is 0. The highest BCUT2D eigenvalue weighted by atomic mass is 16.5. The zero-order valence-electron chi connectivity index (χ0n) is 26.3. The number of carboxylic acid groups (broad SMARTS) is 1. The number of hydrogen-bond acceptors (Lipinski definition) is 6. The van der Waals surface area contributed by atoms with E-state index in [0.717, 1.165) is 50.0 Å². The van der Waals surface area contributed by atoms with Crippen molar-refractivity contribution in [2.45, 2.75) is 84.7 Å². The molecule has 0 spiro atoms. The number of ether oxygens (including phenoxy) is 1. The number of aliphatic hydroxyl groups excluding tert-OH is 1. The maximum Gasteiger partial charge on any atom is 0.339 e. The summed E-state index contributed by atoms with van der Waals surface area (Å²) in [5.41, 5.74) is 6.76. The predicted molar refractivity (Wildman–Crippen MR) is 169 cm³/mol. The van der Waals surface area contributed by atoms with Crippen molar-refractivity contribution in [1.29, 1.82) is 0 Å². The van der Waals surface area contributed by atoms with E-state index in [1.807, 2.05) is 25.1 Å². The van der Waals surface area contributed by atoms with Crippen LogP contribution in [0.15, 0.2) is 48.2 Å². The molecule has 9 nitrogen and oxygen atoms in total. The number of carbonyl (C=O) groups is 2. The number of aliphatic hydroxyl groups is 1. The van der Waals surface area contributed by atoms with Gasteiger partial charge in [0.05, 0.1) is 17.6 Å². The molecule has 44 heavy (non-hydrogen) atoms. The maximum atomic E-state index is 12.2. The number of carbonyl (C=O) groups excluding carboxylic acids is 1. The monoisotopic (exact) mass is 600 g/mol. The lowest BCUT2D eigenvalue weighted by Gasteiger charge is -2.33. The first-order valence-corrected chi connectivity index (χ1v) is 15.9. The van der Waals surface area contributed by atoms with E-state index in [0.29, 0.717) is 49.5 Å². The average molecular weight is 601 g/mol. The van der Waals surface area contributed by atoms with E-state index < -0.39 is 12.1 Å². The van der Waals surface area contributed by atoms with Crippen molar-refractivity contribution in [3.63, 3.8) is 0 Å². The van der Waals surface area contributed by atoms with E-state index >= 15 is 0 Å². The number of aromatic nitrogens is 3. The molecule has 2 atom stereocenters. The summed E-state index contributed by atoms with van der Waals surface area (Å²) in [5.74, 6) is 1.04. The molecular weight excluding hydrogens is 556 g/mol. The third-order valence-corrected chi connectivity index (χ3v) is 9.23. The van der Waals surface area contributed by atoms with Crippen LogP contribution in [0.25, 0.3) is 11.4 Å². The van der Waals surface area contributed by atoms with Gasteiger partial charge in [-0.2, -0.15) is 5.10 Å². The summed E-state index contributed by atoms with van der Waals surface area (Å²) in [6, 6.07) is 12.3. The van der Waals surface area contributed by atoms with Crippen molar-refractivity contribution in [3.05, 3.63) is 76.2 Å². The van der Waals surface area contributed by atoms with Crippen molar-refractivity contribution in [1.82, 2.24) is 19.7 Å². The highest BCUT2D eigenvalue weighted by Crippen LogP contribution is 2.37. The Morgan fingerprint density at radius 3 is 2.55 bits per heavy atom. The number of benzene rings is 1. The summed E-state index contributed by atoms with van der Waals surface area (Å²) < 4.78 is 8.10. The third-order valence-electron chi connectivity index (χ3n) is 9.23. The van der Waals surface area contributed by atoms with Gasteiger partial charge < -0.3 is 19.8 Å². The van der Waals surface area contributed by atoms with Gasteiger partial charge in [0.2, 0.25) is 0 Å². The summed E-state index contributed by atoms with van der Waals surface area (Å²) in [4.78, 5) is 30.6. The minimum atomic E-state index is -0.985. The van der Waals surface area contributed by atoms with Crippen LogP contribution in [-0.2, 0) is 17.6 Å². The molecule has 0 bridgehead atoms. The standard InChI is InChI=1S/C35H44N4O5/c1-5-24-19-26(13-14-27(24)25-15-17-38(18-16-25)34(41)23(4)40)44-21-30-22(3)9-7-10-28(30)31-11-8-12-33(37-31)39-32(6-2)29(20-36-39)35(42)43/h8,11-14,19-20,22-23,25,40H,5-7,9-10,15-18,21H2,1-4H3,(H,42,43)/t22?,23-/m0/s1. The number of carboxylic acids is 1. The van der Waals surface area contributed by atoms with Crippen LogP contribution in [0.1, 0.15) is 98.6 Å². The number of aromatic carboxylic acids is 1. The number of aryl methyl sites for hydroxylation is 1. The van der Waals surface area contributed by atoms with Gasteiger partial charge in [0.15, 0.2) is 5.82 Å². The number of allylic oxidation sites excluding steroid dienone is 1. The number of rotatable bonds is 10. The Bertz CT molecular complexity index is 1530. The van der Waals surface area contributed by atoms with Crippen LogP contribution in [0.4, 0.5) is 0 Å². The highest BCUT2D eigenvalue weighted by Gasteiger charge is 2.27. The topological polar surface area (TPSA) is 118 Å². The molecule has 0 radical (unpaired) electrons. The number of pyridine rings is 1. The molecule has 1 aliphatic heterocycles. The quantitative estimate of drug-likeness (QED) is 0.301. The highest BCUT2D eigenvalue weighted by molar-refractivity contribution is 5.88.